The van der Waals surface area contributed by atoms with Crippen molar-refractivity contribution < 1.29 is 4.79 Å². The predicted octanol–water partition coefficient (Wildman–Crippen LogP) is 1.94. The fraction of sp³-hybridized carbons (Fsp3) is 0.933. The number of carbonyl (C=O) groups excluding carboxylic acids is 1. The standard InChI is InChI=1S/C15H33N3O/c1-8-17(11-15(6,7)10-16)9-14(19)18(12(2)3)13(4)5/h12-13H,8-11,16H2,1-7H3. The molecule has 1 amide bonds. The summed E-state index contributed by atoms with van der Waals surface area (Å²) in [6.07, 6.45) is 0. The second kappa shape index (κ2) is 7.85. The first-order valence-corrected chi connectivity index (χ1v) is 7.38. The Balaban J connectivity index is 4.65. The quantitative estimate of drug-likeness (QED) is 0.734. The van der Waals surface area contributed by atoms with Crippen LogP contribution >= 0.6 is 0 Å². The lowest BCUT2D eigenvalue weighted by atomic mass is 9.93. The summed E-state index contributed by atoms with van der Waals surface area (Å²) in [4.78, 5) is 16.6. The van der Waals surface area contributed by atoms with Crippen molar-refractivity contribution in [3.05, 3.63) is 0 Å². The van der Waals surface area contributed by atoms with Crippen LogP contribution in [0.25, 0.3) is 0 Å². The Bertz CT molecular complexity index is 267. The van der Waals surface area contributed by atoms with Crippen molar-refractivity contribution in [2.75, 3.05) is 26.2 Å². The number of nitrogens with zero attached hydrogens (tertiary/aromatic N) is 2. The smallest absolute Gasteiger partial charge is 0.237 e. The molecular formula is C15H33N3O. The van der Waals surface area contributed by atoms with E-state index < -0.39 is 0 Å². The van der Waals surface area contributed by atoms with Crippen molar-refractivity contribution in [2.24, 2.45) is 11.1 Å². The Hall–Kier alpha value is -0.610. The molecule has 0 aromatic carbocycles. The number of nitrogens with two attached hydrogens (primary N) is 1. The monoisotopic (exact) mass is 271 g/mol. The summed E-state index contributed by atoms with van der Waals surface area (Å²) < 4.78 is 0. The van der Waals surface area contributed by atoms with E-state index in [1.807, 2.05) is 4.90 Å². The zero-order valence-electron chi connectivity index (χ0n) is 13.9. The van der Waals surface area contributed by atoms with Gasteiger partial charge in [0.1, 0.15) is 0 Å². The molecule has 114 valence electrons. The summed E-state index contributed by atoms with van der Waals surface area (Å²) in [5, 5.41) is 0. The number of hydrogen-bond acceptors (Lipinski definition) is 3. The van der Waals surface area contributed by atoms with Crippen LogP contribution in [0.1, 0.15) is 48.5 Å². The molecule has 0 rings (SSSR count). The van der Waals surface area contributed by atoms with Gasteiger partial charge in [-0.3, -0.25) is 9.69 Å². The molecule has 0 aliphatic carbocycles. The van der Waals surface area contributed by atoms with Gasteiger partial charge < -0.3 is 10.6 Å². The molecule has 0 aliphatic heterocycles. The molecule has 0 saturated carbocycles. The highest BCUT2D eigenvalue weighted by Gasteiger charge is 2.25. The number of carbonyl (C=O) groups is 1. The van der Waals surface area contributed by atoms with Crippen LogP contribution in [0.4, 0.5) is 0 Å². The molecule has 0 radical (unpaired) electrons. The summed E-state index contributed by atoms with van der Waals surface area (Å²) in [5.41, 5.74) is 5.83. The average Bonchev–Trinajstić information content (AvgIpc) is 2.26. The normalized spacial score (nSPS) is 12.6. The highest BCUT2D eigenvalue weighted by atomic mass is 16.2. The largest absolute Gasteiger partial charge is 0.337 e. The molecule has 0 aromatic rings. The van der Waals surface area contributed by atoms with Gasteiger partial charge in [-0.1, -0.05) is 20.8 Å². The average molecular weight is 271 g/mol. The Kier molecular flexibility index (Phi) is 7.60. The van der Waals surface area contributed by atoms with Gasteiger partial charge in [0.2, 0.25) is 5.91 Å². The van der Waals surface area contributed by atoms with Crippen LogP contribution in [0.2, 0.25) is 0 Å². The minimum Gasteiger partial charge on any atom is -0.337 e. The molecule has 19 heavy (non-hydrogen) atoms. The molecule has 0 atom stereocenters. The molecule has 0 spiro atoms. The number of likely N-dealkylation sites (N-methyl/N-ethyl adjacent to an activating group) is 1. The number of hydrogen-bond donors (Lipinski definition) is 1. The predicted molar refractivity (Wildman–Crippen MR) is 82.1 cm³/mol. The van der Waals surface area contributed by atoms with Gasteiger partial charge in [0.05, 0.1) is 6.54 Å². The van der Waals surface area contributed by atoms with Gasteiger partial charge in [-0.25, -0.2) is 0 Å². The molecule has 0 saturated heterocycles. The van der Waals surface area contributed by atoms with Crippen LogP contribution in [0.15, 0.2) is 0 Å². The molecule has 0 bridgehead atoms. The van der Waals surface area contributed by atoms with Crippen molar-refractivity contribution in [1.82, 2.24) is 9.80 Å². The zero-order chi connectivity index (χ0) is 15.2. The van der Waals surface area contributed by atoms with Gasteiger partial charge >= 0.3 is 0 Å². The lowest BCUT2D eigenvalue weighted by Crippen LogP contribution is -2.49. The van der Waals surface area contributed by atoms with Crippen LogP contribution in [-0.2, 0) is 4.79 Å². The maximum atomic E-state index is 12.4. The second-order valence-corrected chi connectivity index (χ2v) is 6.66. The molecule has 4 nitrogen and oxygen atoms in total. The van der Waals surface area contributed by atoms with Crippen molar-refractivity contribution in [1.29, 1.82) is 0 Å². The van der Waals surface area contributed by atoms with Gasteiger partial charge in [-0.15, -0.1) is 0 Å². The number of amides is 1. The van der Waals surface area contributed by atoms with Gasteiger partial charge in [0.25, 0.3) is 0 Å². The maximum absolute atomic E-state index is 12.4. The fourth-order valence-corrected chi connectivity index (χ4v) is 2.39. The molecular weight excluding hydrogens is 238 g/mol. The third-order valence-electron chi connectivity index (χ3n) is 3.41. The minimum absolute atomic E-state index is 0.0524. The van der Waals surface area contributed by atoms with Crippen LogP contribution in [0, 0.1) is 5.41 Å². The van der Waals surface area contributed by atoms with E-state index in [0.717, 1.165) is 13.1 Å². The minimum atomic E-state index is 0.0524. The van der Waals surface area contributed by atoms with Crippen LogP contribution in [0.5, 0.6) is 0 Å². The fourth-order valence-electron chi connectivity index (χ4n) is 2.39. The second-order valence-electron chi connectivity index (χ2n) is 6.66. The first kappa shape index (κ1) is 18.4. The van der Waals surface area contributed by atoms with Crippen LogP contribution in [0.3, 0.4) is 0 Å². The first-order valence-electron chi connectivity index (χ1n) is 7.38. The van der Waals surface area contributed by atoms with Crippen molar-refractivity contribution in [3.63, 3.8) is 0 Å². The molecule has 0 aromatic heterocycles. The maximum Gasteiger partial charge on any atom is 0.237 e. The third kappa shape index (κ3) is 6.39. The van der Waals surface area contributed by atoms with E-state index in [0.29, 0.717) is 13.1 Å². The zero-order valence-corrected chi connectivity index (χ0v) is 13.9. The summed E-state index contributed by atoms with van der Waals surface area (Å²) in [6.45, 7) is 17.5. The SMILES string of the molecule is CCN(CC(=O)N(C(C)C)C(C)C)CC(C)(C)CN. The summed E-state index contributed by atoms with van der Waals surface area (Å²) in [5.74, 6) is 0.208. The lowest BCUT2D eigenvalue weighted by molar-refractivity contribution is -0.136. The molecule has 4 heteroatoms. The Morgan fingerprint density at radius 3 is 1.95 bits per heavy atom. The van der Waals surface area contributed by atoms with E-state index in [1.165, 1.54) is 0 Å². The highest BCUT2D eigenvalue weighted by molar-refractivity contribution is 5.78. The molecule has 0 heterocycles. The summed E-state index contributed by atoms with van der Waals surface area (Å²) in [7, 11) is 0. The van der Waals surface area contributed by atoms with E-state index in [1.54, 1.807) is 0 Å². The Morgan fingerprint density at radius 1 is 1.16 bits per heavy atom. The summed E-state index contributed by atoms with van der Waals surface area (Å²) in [6, 6.07) is 0.488. The Morgan fingerprint density at radius 2 is 1.63 bits per heavy atom. The molecule has 2 N–H and O–H groups in total. The van der Waals surface area contributed by atoms with Gasteiger partial charge in [0.15, 0.2) is 0 Å². The third-order valence-corrected chi connectivity index (χ3v) is 3.41. The molecule has 0 aliphatic rings. The van der Waals surface area contributed by atoms with Crippen molar-refractivity contribution in [3.8, 4) is 0 Å². The summed E-state index contributed by atoms with van der Waals surface area (Å²) >= 11 is 0. The van der Waals surface area contributed by atoms with E-state index in [4.69, 9.17) is 5.73 Å². The van der Waals surface area contributed by atoms with E-state index in [9.17, 15) is 4.79 Å². The topological polar surface area (TPSA) is 49.6 Å². The van der Waals surface area contributed by atoms with Gasteiger partial charge in [0, 0.05) is 18.6 Å². The Labute approximate surface area is 119 Å². The number of rotatable bonds is 8. The highest BCUT2D eigenvalue weighted by Crippen LogP contribution is 2.15. The molecule has 0 unspecified atom stereocenters. The molecule has 0 fully saturated rings. The van der Waals surface area contributed by atoms with Crippen molar-refractivity contribution in [2.45, 2.75) is 60.5 Å². The van der Waals surface area contributed by atoms with E-state index >= 15 is 0 Å². The van der Waals surface area contributed by atoms with Crippen LogP contribution < -0.4 is 5.73 Å². The lowest BCUT2D eigenvalue weighted by Gasteiger charge is -2.35. The van der Waals surface area contributed by atoms with Gasteiger partial charge in [-0.05, 0) is 46.2 Å². The van der Waals surface area contributed by atoms with E-state index in [-0.39, 0.29) is 23.4 Å². The van der Waals surface area contributed by atoms with Crippen LogP contribution in [-0.4, -0.2) is 54.0 Å². The first-order chi connectivity index (χ1) is 8.64. The van der Waals surface area contributed by atoms with Crippen molar-refractivity contribution >= 4 is 5.91 Å². The van der Waals surface area contributed by atoms with E-state index in [2.05, 4.69) is 53.4 Å². The van der Waals surface area contributed by atoms with Gasteiger partial charge in [-0.2, -0.15) is 0 Å².